The summed E-state index contributed by atoms with van der Waals surface area (Å²) in [5, 5.41) is 0. The lowest BCUT2D eigenvalue weighted by atomic mass is 9.86. The molecule has 0 amide bonds. The van der Waals surface area contributed by atoms with Crippen molar-refractivity contribution in [1.29, 1.82) is 0 Å². The number of ether oxygens (including phenoxy) is 2. The van der Waals surface area contributed by atoms with E-state index in [1.807, 2.05) is 6.07 Å². The van der Waals surface area contributed by atoms with E-state index in [0.29, 0.717) is 16.9 Å². The number of alkyl halides is 2. The first-order chi connectivity index (χ1) is 11.5. The summed E-state index contributed by atoms with van der Waals surface area (Å²) in [6.45, 7) is 1.43. The van der Waals surface area contributed by atoms with Gasteiger partial charge < -0.3 is 9.47 Å². The lowest BCUT2D eigenvalue weighted by Gasteiger charge is -2.23. The van der Waals surface area contributed by atoms with Crippen LogP contribution in [-0.4, -0.2) is 25.6 Å². The lowest BCUT2D eigenvalue weighted by Crippen LogP contribution is -2.33. The molecule has 0 saturated heterocycles. The number of halogens is 2. The van der Waals surface area contributed by atoms with Gasteiger partial charge in [0.25, 0.3) is 0 Å². The Morgan fingerprint density at radius 1 is 1.04 bits per heavy atom. The SMILES string of the molecule is CCOC(=O)C(F)(F)CC(c1ccccc1)c1ccc(OC)cc1. The van der Waals surface area contributed by atoms with E-state index in [4.69, 9.17) is 4.74 Å². The number of carbonyl (C=O) groups excluding carboxylic acids is 1. The van der Waals surface area contributed by atoms with Crippen molar-refractivity contribution in [1.82, 2.24) is 0 Å². The summed E-state index contributed by atoms with van der Waals surface area (Å²) in [4.78, 5) is 11.6. The maximum absolute atomic E-state index is 14.3. The van der Waals surface area contributed by atoms with Gasteiger partial charge in [-0.2, -0.15) is 8.78 Å². The maximum Gasteiger partial charge on any atom is 0.377 e. The number of hydrogen-bond acceptors (Lipinski definition) is 3. The van der Waals surface area contributed by atoms with Gasteiger partial charge in [-0.1, -0.05) is 42.5 Å². The van der Waals surface area contributed by atoms with Crippen LogP contribution in [0.5, 0.6) is 5.75 Å². The molecule has 0 bridgehead atoms. The highest BCUT2D eigenvalue weighted by Crippen LogP contribution is 2.36. The van der Waals surface area contributed by atoms with Crippen molar-refractivity contribution in [2.24, 2.45) is 0 Å². The summed E-state index contributed by atoms with van der Waals surface area (Å²) in [5.41, 5.74) is 1.40. The molecule has 0 saturated carbocycles. The molecular formula is C19H20F2O3. The van der Waals surface area contributed by atoms with Crippen LogP contribution in [0.25, 0.3) is 0 Å². The summed E-state index contributed by atoms with van der Waals surface area (Å²) in [6, 6.07) is 15.8. The fourth-order valence-corrected chi connectivity index (χ4v) is 2.53. The monoisotopic (exact) mass is 334 g/mol. The summed E-state index contributed by atoms with van der Waals surface area (Å²) in [6.07, 6.45) is -0.651. The Labute approximate surface area is 140 Å². The van der Waals surface area contributed by atoms with Gasteiger partial charge in [-0.05, 0) is 30.2 Å². The lowest BCUT2D eigenvalue weighted by molar-refractivity contribution is -0.172. The van der Waals surface area contributed by atoms with Gasteiger partial charge in [0, 0.05) is 12.3 Å². The van der Waals surface area contributed by atoms with Crippen molar-refractivity contribution in [2.45, 2.75) is 25.2 Å². The third kappa shape index (κ3) is 4.31. The molecule has 128 valence electrons. The fraction of sp³-hybridized carbons (Fsp3) is 0.316. The van der Waals surface area contributed by atoms with Gasteiger partial charge in [0.05, 0.1) is 13.7 Å². The highest BCUT2D eigenvalue weighted by Gasteiger charge is 2.43. The fourth-order valence-electron chi connectivity index (χ4n) is 2.53. The smallest absolute Gasteiger partial charge is 0.377 e. The van der Waals surface area contributed by atoms with E-state index in [0.717, 1.165) is 0 Å². The predicted molar refractivity (Wildman–Crippen MR) is 87.5 cm³/mol. The van der Waals surface area contributed by atoms with Crippen molar-refractivity contribution in [2.75, 3.05) is 13.7 Å². The van der Waals surface area contributed by atoms with Crippen molar-refractivity contribution in [3.05, 3.63) is 65.7 Å². The van der Waals surface area contributed by atoms with E-state index >= 15 is 0 Å². The second-order valence-corrected chi connectivity index (χ2v) is 5.37. The van der Waals surface area contributed by atoms with Crippen LogP contribution in [0.4, 0.5) is 8.78 Å². The van der Waals surface area contributed by atoms with E-state index < -0.39 is 24.2 Å². The molecule has 0 N–H and O–H groups in total. The van der Waals surface area contributed by atoms with Gasteiger partial charge >= 0.3 is 11.9 Å². The second-order valence-electron chi connectivity index (χ2n) is 5.37. The van der Waals surface area contributed by atoms with Crippen LogP contribution in [0, 0.1) is 0 Å². The third-order valence-corrected chi connectivity index (χ3v) is 3.75. The maximum atomic E-state index is 14.3. The van der Waals surface area contributed by atoms with Crippen LogP contribution >= 0.6 is 0 Å². The highest BCUT2D eigenvalue weighted by molar-refractivity contribution is 5.77. The Bertz CT molecular complexity index is 654. The highest BCUT2D eigenvalue weighted by atomic mass is 19.3. The number of methoxy groups -OCH3 is 1. The molecule has 0 aliphatic carbocycles. The van der Waals surface area contributed by atoms with Gasteiger partial charge in [0.15, 0.2) is 0 Å². The second kappa shape index (κ2) is 7.90. The predicted octanol–water partition coefficient (Wildman–Crippen LogP) is 4.42. The van der Waals surface area contributed by atoms with E-state index in [2.05, 4.69) is 4.74 Å². The molecule has 0 heterocycles. The normalized spacial score (nSPS) is 12.5. The Kier molecular flexibility index (Phi) is 5.90. The molecule has 24 heavy (non-hydrogen) atoms. The summed E-state index contributed by atoms with van der Waals surface area (Å²) in [5.74, 6) is -5.03. The molecule has 3 nitrogen and oxygen atoms in total. The van der Waals surface area contributed by atoms with Crippen molar-refractivity contribution < 1.29 is 23.0 Å². The molecular weight excluding hydrogens is 314 g/mol. The van der Waals surface area contributed by atoms with Crippen LogP contribution in [0.3, 0.4) is 0 Å². The van der Waals surface area contributed by atoms with Crippen molar-refractivity contribution >= 4 is 5.97 Å². The molecule has 5 heteroatoms. The van der Waals surface area contributed by atoms with Gasteiger partial charge in [-0.25, -0.2) is 4.79 Å². The average molecular weight is 334 g/mol. The topological polar surface area (TPSA) is 35.5 Å². The summed E-state index contributed by atoms with van der Waals surface area (Å²) >= 11 is 0. The summed E-state index contributed by atoms with van der Waals surface area (Å²) < 4.78 is 38.2. The molecule has 0 fully saturated rings. The third-order valence-electron chi connectivity index (χ3n) is 3.75. The minimum Gasteiger partial charge on any atom is -0.497 e. The number of hydrogen-bond donors (Lipinski definition) is 0. The summed E-state index contributed by atoms with van der Waals surface area (Å²) in [7, 11) is 1.54. The molecule has 2 aromatic carbocycles. The first-order valence-corrected chi connectivity index (χ1v) is 7.72. The minimum absolute atomic E-state index is 0.0764. The van der Waals surface area contributed by atoms with Crippen LogP contribution in [0.1, 0.15) is 30.4 Å². The standard InChI is InChI=1S/C19H20F2O3/c1-3-24-18(22)19(20,21)13-17(14-7-5-4-6-8-14)15-9-11-16(23-2)12-10-15/h4-12,17H,3,13H2,1-2H3. The van der Waals surface area contributed by atoms with Gasteiger partial charge in [-0.15, -0.1) is 0 Å². The van der Waals surface area contributed by atoms with Crippen LogP contribution in [0.2, 0.25) is 0 Å². The van der Waals surface area contributed by atoms with E-state index in [9.17, 15) is 13.6 Å². The van der Waals surface area contributed by atoms with Crippen molar-refractivity contribution in [3.8, 4) is 5.75 Å². The van der Waals surface area contributed by atoms with E-state index in [-0.39, 0.29) is 6.61 Å². The molecule has 0 aliphatic heterocycles. The van der Waals surface area contributed by atoms with E-state index in [1.165, 1.54) is 6.92 Å². The first kappa shape index (κ1) is 17.9. The Hall–Kier alpha value is -2.43. The molecule has 1 unspecified atom stereocenters. The zero-order valence-corrected chi connectivity index (χ0v) is 13.7. The Morgan fingerprint density at radius 3 is 2.17 bits per heavy atom. The molecule has 0 aliphatic rings. The molecule has 2 rings (SSSR count). The quantitative estimate of drug-likeness (QED) is 0.703. The molecule has 0 spiro atoms. The van der Waals surface area contributed by atoms with Gasteiger partial charge in [0.2, 0.25) is 0 Å². The Morgan fingerprint density at radius 2 is 1.62 bits per heavy atom. The van der Waals surface area contributed by atoms with Crippen molar-refractivity contribution in [3.63, 3.8) is 0 Å². The van der Waals surface area contributed by atoms with Gasteiger partial charge in [-0.3, -0.25) is 0 Å². The van der Waals surface area contributed by atoms with Crippen LogP contribution < -0.4 is 4.74 Å². The van der Waals surface area contributed by atoms with Crippen LogP contribution in [-0.2, 0) is 9.53 Å². The largest absolute Gasteiger partial charge is 0.497 e. The molecule has 0 radical (unpaired) electrons. The number of benzene rings is 2. The number of carbonyl (C=O) groups is 1. The first-order valence-electron chi connectivity index (χ1n) is 7.72. The average Bonchev–Trinajstić information content (AvgIpc) is 2.61. The van der Waals surface area contributed by atoms with Gasteiger partial charge in [0.1, 0.15) is 5.75 Å². The number of rotatable bonds is 7. The number of esters is 1. The Balaban J connectivity index is 2.34. The van der Waals surface area contributed by atoms with Crippen LogP contribution in [0.15, 0.2) is 54.6 Å². The molecule has 2 aromatic rings. The zero-order valence-electron chi connectivity index (χ0n) is 13.7. The minimum atomic E-state index is -3.56. The van der Waals surface area contributed by atoms with E-state index in [1.54, 1.807) is 55.6 Å². The zero-order chi connectivity index (χ0) is 17.6. The molecule has 1 atom stereocenters. The molecule has 0 aromatic heterocycles.